The number of rotatable bonds is 6. The molecule has 0 saturated carbocycles. The fraction of sp³-hybridized carbons (Fsp3) is 0.750. The molecule has 1 aromatic heterocycles. The Hall–Kier alpha value is -1.04. The minimum atomic E-state index is -0.349. The number of aromatic amines is 1. The standard InChI is InChI=1S/C12H21N3O2S/c1-5-6-7-15-10(17)13-14-11(15)18-8-9(16)12(2,3)4/h5-8H2,1-4H3,(H,13,17). The number of carbonyl (C=O) groups excluding carboxylic acids is 1. The molecule has 0 aliphatic rings. The fourth-order valence-electron chi connectivity index (χ4n) is 1.27. The van der Waals surface area contributed by atoms with Crippen LogP contribution in [-0.4, -0.2) is 26.3 Å². The quantitative estimate of drug-likeness (QED) is 0.804. The van der Waals surface area contributed by atoms with Gasteiger partial charge in [0.1, 0.15) is 5.78 Å². The summed E-state index contributed by atoms with van der Waals surface area (Å²) in [5.41, 5.74) is -0.549. The lowest BCUT2D eigenvalue weighted by Crippen LogP contribution is -2.23. The zero-order chi connectivity index (χ0) is 13.8. The van der Waals surface area contributed by atoms with Crippen LogP contribution in [0.1, 0.15) is 40.5 Å². The zero-order valence-electron chi connectivity index (χ0n) is 11.4. The maximum Gasteiger partial charge on any atom is 0.343 e. The van der Waals surface area contributed by atoms with Gasteiger partial charge in [-0.05, 0) is 6.42 Å². The normalized spacial score (nSPS) is 11.8. The van der Waals surface area contributed by atoms with Gasteiger partial charge in [-0.2, -0.15) is 0 Å². The van der Waals surface area contributed by atoms with Crippen LogP contribution in [0.15, 0.2) is 9.95 Å². The van der Waals surface area contributed by atoms with Crippen molar-refractivity contribution in [2.45, 2.75) is 52.2 Å². The van der Waals surface area contributed by atoms with Crippen LogP contribution in [0.4, 0.5) is 0 Å². The van der Waals surface area contributed by atoms with Crippen molar-refractivity contribution in [2.75, 3.05) is 5.75 Å². The van der Waals surface area contributed by atoms with Gasteiger partial charge in [0.2, 0.25) is 0 Å². The van der Waals surface area contributed by atoms with E-state index in [2.05, 4.69) is 17.1 Å². The van der Waals surface area contributed by atoms with Gasteiger partial charge >= 0.3 is 5.69 Å². The lowest BCUT2D eigenvalue weighted by Gasteiger charge is -2.15. The molecule has 0 bridgehead atoms. The summed E-state index contributed by atoms with van der Waals surface area (Å²) in [7, 11) is 0. The molecule has 1 heterocycles. The number of H-pyrrole nitrogens is 1. The molecule has 0 aromatic carbocycles. The first-order valence-electron chi connectivity index (χ1n) is 6.17. The molecule has 0 amide bonds. The third-order valence-electron chi connectivity index (χ3n) is 2.63. The predicted octanol–water partition coefficient (Wildman–Crippen LogP) is 2.08. The molecule has 0 radical (unpaired) electrons. The van der Waals surface area contributed by atoms with Crippen molar-refractivity contribution >= 4 is 17.5 Å². The molecule has 0 spiro atoms. The highest BCUT2D eigenvalue weighted by molar-refractivity contribution is 7.99. The van der Waals surface area contributed by atoms with Crippen molar-refractivity contribution in [1.82, 2.24) is 14.8 Å². The van der Waals surface area contributed by atoms with Crippen molar-refractivity contribution < 1.29 is 4.79 Å². The SMILES string of the molecule is CCCCn1c(SCC(=O)C(C)(C)C)n[nH]c1=O. The van der Waals surface area contributed by atoms with Crippen LogP contribution in [0, 0.1) is 5.41 Å². The number of Topliss-reactive ketones (excluding diaryl/α,β-unsaturated/α-hetero) is 1. The first-order chi connectivity index (χ1) is 8.36. The van der Waals surface area contributed by atoms with Gasteiger partial charge in [-0.3, -0.25) is 9.36 Å². The second-order valence-corrected chi connectivity index (χ2v) is 6.22. The number of ketones is 1. The van der Waals surface area contributed by atoms with Crippen LogP contribution < -0.4 is 5.69 Å². The molecular weight excluding hydrogens is 250 g/mol. The molecule has 18 heavy (non-hydrogen) atoms. The molecule has 0 saturated heterocycles. The number of thioether (sulfide) groups is 1. The molecular formula is C12H21N3O2S. The van der Waals surface area contributed by atoms with Crippen LogP contribution in [0.25, 0.3) is 0 Å². The van der Waals surface area contributed by atoms with Gasteiger partial charge in [-0.25, -0.2) is 9.89 Å². The summed E-state index contributed by atoms with van der Waals surface area (Å²) >= 11 is 1.32. The van der Waals surface area contributed by atoms with Crippen molar-refractivity contribution in [1.29, 1.82) is 0 Å². The van der Waals surface area contributed by atoms with E-state index in [1.54, 1.807) is 4.57 Å². The van der Waals surface area contributed by atoms with E-state index in [0.29, 0.717) is 17.5 Å². The maximum atomic E-state index is 11.8. The minimum absolute atomic E-state index is 0.157. The van der Waals surface area contributed by atoms with E-state index in [-0.39, 0.29) is 16.9 Å². The Morgan fingerprint density at radius 2 is 2.11 bits per heavy atom. The zero-order valence-corrected chi connectivity index (χ0v) is 12.3. The summed E-state index contributed by atoms with van der Waals surface area (Å²) in [5, 5.41) is 7.00. The Labute approximate surface area is 111 Å². The fourth-order valence-corrected chi connectivity index (χ4v) is 2.41. The first kappa shape index (κ1) is 15.0. The largest absolute Gasteiger partial charge is 0.343 e. The number of hydrogen-bond acceptors (Lipinski definition) is 4. The van der Waals surface area contributed by atoms with E-state index in [4.69, 9.17) is 0 Å². The van der Waals surface area contributed by atoms with Gasteiger partial charge < -0.3 is 0 Å². The summed E-state index contributed by atoms with van der Waals surface area (Å²) < 4.78 is 1.60. The molecule has 0 fully saturated rings. The Morgan fingerprint density at radius 3 is 2.67 bits per heavy atom. The molecule has 1 rings (SSSR count). The smallest absolute Gasteiger partial charge is 0.298 e. The van der Waals surface area contributed by atoms with Gasteiger partial charge in [-0.1, -0.05) is 45.9 Å². The average Bonchev–Trinajstić information content (AvgIpc) is 2.63. The number of carbonyl (C=O) groups is 1. The molecule has 102 valence electrons. The summed E-state index contributed by atoms with van der Waals surface area (Å²) in [4.78, 5) is 23.4. The second-order valence-electron chi connectivity index (χ2n) is 5.28. The van der Waals surface area contributed by atoms with Crippen LogP contribution in [0.5, 0.6) is 0 Å². The van der Waals surface area contributed by atoms with Crippen LogP contribution in [0.3, 0.4) is 0 Å². The Morgan fingerprint density at radius 1 is 1.44 bits per heavy atom. The van der Waals surface area contributed by atoms with E-state index >= 15 is 0 Å². The van der Waals surface area contributed by atoms with Crippen LogP contribution in [0.2, 0.25) is 0 Å². The van der Waals surface area contributed by atoms with Crippen molar-refractivity contribution in [3.05, 3.63) is 10.5 Å². The Kier molecular flexibility index (Phi) is 5.19. The van der Waals surface area contributed by atoms with E-state index in [0.717, 1.165) is 12.8 Å². The Balaban J connectivity index is 2.68. The summed E-state index contributed by atoms with van der Waals surface area (Å²) in [6, 6.07) is 0. The van der Waals surface area contributed by atoms with Crippen LogP contribution in [-0.2, 0) is 11.3 Å². The molecule has 0 aliphatic heterocycles. The highest BCUT2D eigenvalue weighted by Gasteiger charge is 2.22. The van der Waals surface area contributed by atoms with E-state index in [1.165, 1.54) is 11.8 Å². The topological polar surface area (TPSA) is 67.8 Å². The second kappa shape index (κ2) is 6.22. The number of aromatic nitrogens is 3. The lowest BCUT2D eigenvalue weighted by molar-refractivity contribution is -0.123. The molecule has 6 heteroatoms. The third-order valence-corrected chi connectivity index (χ3v) is 3.60. The summed E-state index contributed by atoms with van der Waals surface area (Å²) in [6.45, 7) is 8.40. The van der Waals surface area contributed by atoms with Crippen molar-refractivity contribution in [2.24, 2.45) is 5.41 Å². The maximum absolute atomic E-state index is 11.8. The predicted molar refractivity (Wildman–Crippen MR) is 72.9 cm³/mol. The summed E-state index contributed by atoms with van der Waals surface area (Å²) in [5.74, 6) is 0.505. The molecule has 5 nitrogen and oxygen atoms in total. The molecule has 0 aliphatic carbocycles. The highest BCUT2D eigenvalue weighted by atomic mass is 32.2. The average molecular weight is 271 g/mol. The molecule has 0 atom stereocenters. The minimum Gasteiger partial charge on any atom is -0.298 e. The molecule has 1 N–H and O–H groups in total. The Bertz CT molecular complexity index is 457. The van der Waals surface area contributed by atoms with Gasteiger partial charge in [0.05, 0.1) is 5.75 Å². The number of unbranched alkanes of at least 4 members (excludes halogenated alkanes) is 1. The van der Waals surface area contributed by atoms with Gasteiger partial charge in [-0.15, -0.1) is 5.10 Å². The third kappa shape index (κ3) is 4.01. The van der Waals surface area contributed by atoms with Crippen molar-refractivity contribution in [3.8, 4) is 0 Å². The van der Waals surface area contributed by atoms with Gasteiger partial charge in [0.15, 0.2) is 5.16 Å². The monoisotopic (exact) mass is 271 g/mol. The van der Waals surface area contributed by atoms with E-state index < -0.39 is 0 Å². The van der Waals surface area contributed by atoms with E-state index in [1.807, 2.05) is 20.8 Å². The summed E-state index contributed by atoms with van der Waals surface area (Å²) in [6.07, 6.45) is 1.95. The van der Waals surface area contributed by atoms with E-state index in [9.17, 15) is 9.59 Å². The highest BCUT2D eigenvalue weighted by Crippen LogP contribution is 2.21. The molecule has 1 aromatic rings. The van der Waals surface area contributed by atoms with Gasteiger partial charge in [0.25, 0.3) is 0 Å². The number of nitrogens with one attached hydrogen (secondary N) is 1. The van der Waals surface area contributed by atoms with Gasteiger partial charge in [0, 0.05) is 12.0 Å². The molecule has 0 unspecified atom stereocenters. The van der Waals surface area contributed by atoms with Crippen LogP contribution >= 0.6 is 11.8 Å². The number of hydrogen-bond donors (Lipinski definition) is 1. The number of nitrogens with zero attached hydrogens (tertiary/aromatic N) is 2. The first-order valence-corrected chi connectivity index (χ1v) is 7.16. The lowest BCUT2D eigenvalue weighted by atomic mass is 9.92. The van der Waals surface area contributed by atoms with Crippen molar-refractivity contribution in [3.63, 3.8) is 0 Å².